The van der Waals surface area contributed by atoms with Crippen molar-refractivity contribution in [3.63, 3.8) is 0 Å². The topological polar surface area (TPSA) is 46.3 Å². The van der Waals surface area contributed by atoms with Gasteiger partial charge < -0.3 is 10.6 Å². The van der Waals surface area contributed by atoms with E-state index >= 15 is 0 Å². The Kier molecular flexibility index (Phi) is 4.55. The summed E-state index contributed by atoms with van der Waals surface area (Å²) in [7, 11) is 0. The molecular weight excluding hydrogens is 292 g/mol. The lowest BCUT2D eigenvalue weighted by Gasteiger charge is -2.22. The number of halogens is 1. The molecule has 0 spiro atoms. The monoisotopic (exact) mass is 310 g/mol. The van der Waals surface area contributed by atoms with Crippen molar-refractivity contribution in [3.8, 4) is 0 Å². The molecule has 3 nitrogen and oxygen atoms in total. The molecule has 0 saturated heterocycles. The van der Waals surface area contributed by atoms with Crippen LogP contribution in [0.3, 0.4) is 0 Å². The van der Waals surface area contributed by atoms with Crippen molar-refractivity contribution in [2.75, 3.05) is 18.8 Å². The van der Waals surface area contributed by atoms with Crippen molar-refractivity contribution in [2.24, 2.45) is 5.92 Å². The van der Waals surface area contributed by atoms with Crippen LogP contribution in [0.5, 0.6) is 0 Å². The smallest absolute Gasteiger partial charge is 0.266 e. The van der Waals surface area contributed by atoms with Gasteiger partial charge >= 0.3 is 0 Å². The summed E-state index contributed by atoms with van der Waals surface area (Å²) in [5.74, 6) is 0.444. The number of fused-ring (bicyclic) bond motifs is 1. The van der Waals surface area contributed by atoms with Gasteiger partial charge in [0.05, 0.1) is 5.69 Å². The standard InChI is InChI=1S/C15H19ClN2OS/c1-4-18(8-9(2)3)15(19)14-13(17)11-6-5-10(16)7-12(11)20-14/h5-7,9H,4,8,17H2,1-3H3. The summed E-state index contributed by atoms with van der Waals surface area (Å²) in [6.45, 7) is 7.61. The third kappa shape index (κ3) is 2.91. The van der Waals surface area contributed by atoms with E-state index in [0.29, 0.717) is 28.0 Å². The highest BCUT2D eigenvalue weighted by molar-refractivity contribution is 7.21. The van der Waals surface area contributed by atoms with E-state index in [-0.39, 0.29) is 5.91 Å². The second-order valence-electron chi connectivity index (χ2n) is 5.22. The first-order valence-corrected chi connectivity index (χ1v) is 7.90. The summed E-state index contributed by atoms with van der Waals surface area (Å²) in [6.07, 6.45) is 0. The molecule has 1 amide bonds. The largest absolute Gasteiger partial charge is 0.397 e. The molecule has 20 heavy (non-hydrogen) atoms. The maximum absolute atomic E-state index is 12.6. The predicted octanol–water partition coefficient (Wildman–Crippen LogP) is 4.26. The molecule has 2 N–H and O–H groups in total. The van der Waals surface area contributed by atoms with E-state index in [4.69, 9.17) is 17.3 Å². The highest BCUT2D eigenvalue weighted by atomic mass is 35.5. The summed E-state index contributed by atoms with van der Waals surface area (Å²) < 4.78 is 0.957. The first-order chi connectivity index (χ1) is 9.43. The first kappa shape index (κ1) is 15.1. The van der Waals surface area contributed by atoms with E-state index < -0.39 is 0 Å². The van der Waals surface area contributed by atoms with Crippen LogP contribution in [-0.2, 0) is 0 Å². The van der Waals surface area contributed by atoms with Crippen LogP contribution in [0.4, 0.5) is 5.69 Å². The molecule has 1 aromatic heterocycles. The van der Waals surface area contributed by atoms with Crippen molar-refractivity contribution in [1.82, 2.24) is 4.90 Å². The summed E-state index contributed by atoms with van der Waals surface area (Å²) in [6, 6.07) is 5.53. The van der Waals surface area contributed by atoms with Gasteiger partial charge in [-0.05, 0) is 31.0 Å². The lowest BCUT2D eigenvalue weighted by molar-refractivity contribution is 0.0751. The molecule has 0 aliphatic carbocycles. The molecule has 1 heterocycles. The van der Waals surface area contributed by atoms with E-state index in [1.807, 2.05) is 24.0 Å². The van der Waals surface area contributed by atoms with E-state index in [1.165, 1.54) is 11.3 Å². The molecule has 2 aromatic rings. The number of amides is 1. The maximum Gasteiger partial charge on any atom is 0.266 e. The van der Waals surface area contributed by atoms with E-state index in [1.54, 1.807) is 6.07 Å². The number of carbonyl (C=O) groups excluding carboxylic acids is 1. The second-order valence-corrected chi connectivity index (χ2v) is 6.71. The Morgan fingerprint density at radius 3 is 2.75 bits per heavy atom. The summed E-state index contributed by atoms with van der Waals surface area (Å²) in [4.78, 5) is 15.1. The molecule has 1 aromatic carbocycles. The number of rotatable bonds is 4. The Morgan fingerprint density at radius 1 is 1.45 bits per heavy atom. The summed E-state index contributed by atoms with van der Waals surface area (Å²) >= 11 is 7.41. The molecule has 0 aliphatic heterocycles. The lowest BCUT2D eigenvalue weighted by atomic mass is 10.2. The minimum absolute atomic E-state index is 0.0102. The van der Waals surface area contributed by atoms with Crippen LogP contribution in [-0.4, -0.2) is 23.9 Å². The highest BCUT2D eigenvalue weighted by Crippen LogP contribution is 2.35. The Bertz CT molecular complexity index is 636. The number of nitrogens with zero attached hydrogens (tertiary/aromatic N) is 1. The molecule has 2 rings (SSSR count). The molecular formula is C15H19ClN2OS. The quantitative estimate of drug-likeness (QED) is 0.917. The average molecular weight is 311 g/mol. The van der Waals surface area contributed by atoms with Gasteiger partial charge in [0.2, 0.25) is 0 Å². The molecule has 0 unspecified atom stereocenters. The van der Waals surface area contributed by atoms with Crippen molar-refractivity contribution < 1.29 is 4.79 Å². The zero-order valence-electron chi connectivity index (χ0n) is 11.9. The van der Waals surface area contributed by atoms with Gasteiger partial charge in [0.15, 0.2) is 0 Å². The minimum atomic E-state index is 0.0102. The number of anilines is 1. The third-order valence-electron chi connectivity index (χ3n) is 3.14. The van der Waals surface area contributed by atoms with Gasteiger partial charge in [-0.3, -0.25) is 4.79 Å². The van der Waals surface area contributed by atoms with Crippen LogP contribution in [0.25, 0.3) is 10.1 Å². The van der Waals surface area contributed by atoms with E-state index in [2.05, 4.69) is 13.8 Å². The molecule has 0 radical (unpaired) electrons. The van der Waals surface area contributed by atoms with Gasteiger partial charge in [-0.15, -0.1) is 11.3 Å². The first-order valence-electron chi connectivity index (χ1n) is 6.70. The average Bonchev–Trinajstić information content (AvgIpc) is 2.71. The van der Waals surface area contributed by atoms with Crippen molar-refractivity contribution in [1.29, 1.82) is 0 Å². The lowest BCUT2D eigenvalue weighted by Crippen LogP contribution is -2.33. The van der Waals surface area contributed by atoms with Crippen LogP contribution in [0.2, 0.25) is 5.02 Å². The Balaban J connectivity index is 2.41. The Hall–Kier alpha value is -1.26. The SMILES string of the molecule is CCN(CC(C)C)C(=O)c1sc2cc(Cl)ccc2c1N. The fourth-order valence-corrected chi connectivity index (χ4v) is 3.56. The van der Waals surface area contributed by atoms with Crippen molar-refractivity contribution in [3.05, 3.63) is 28.1 Å². The molecule has 108 valence electrons. The van der Waals surface area contributed by atoms with Gasteiger partial charge in [-0.25, -0.2) is 0 Å². The van der Waals surface area contributed by atoms with Gasteiger partial charge in [-0.2, -0.15) is 0 Å². The molecule has 0 atom stereocenters. The maximum atomic E-state index is 12.6. The van der Waals surface area contributed by atoms with E-state index in [9.17, 15) is 4.79 Å². The Labute approximate surface area is 128 Å². The van der Waals surface area contributed by atoms with E-state index in [0.717, 1.165) is 16.6 Å². The fourth-order valence-electron chi connectivity index (χ4n) is 2.19. The number of hydrogen-bond donors (Lipinski definition) is 1. The molecule has 0 aliphatic rings. The molecule has 5 heteroatoms. The van der Waals surface area contributed by atoms with Gasteiger partial charge in [0.1, 0.15) is 4.88 Å². The number of benzene rings is 1. The second kappa shape index (κ2) is 6.02. The number of thiophene rings is 1. The summed E-state index contributed by atoms with van der Waals surface area (Å²) in [5, 5.41) is 1.57. The Morgan fingerprint density at radius 2 is 2.15 bits per heavy atom. The number of nitrogens with two attached hydrogens (primary N) is 1. The fraction of sp³-hybridized carbons (Fsp3) is 0.400. The van der Waals surface area contributed by atoms with Gasteiger partial charge in [-0.1, -0.05) is 25.4 Å². The third-order valence-corrected chi connectivity index (χ3v) is 4.53. The zero-order chi connectivity index (χ0) is 14.9. The zero-order valence-corrected chi connectivity index (χ0v) is 13.5. The minimum Gasteiger partial charge on any atom is -0.397 e. The van der Waals surface area contributed by atoms with Crippen molar-refractivity contribution >= 4 is 44.6 Å². The molecule has 0 fully saturated rings. The van der Waals surface area contributed by atoms with Crippen LogP contribution >= 0.6 is 22.9 Å². The van der Waals surface area contributed by atoms with Crippen LogP contribution in [0.1, 0.15) is 30.4 Å². The summed E-state index contributed by atoms with van der Waals surface area (Å²) in [5.41, 5.74) is 6.70. The molecule has 0 saturated carbocycles. The normalized spacial score (nSPS) is 11.2. The van der Waals surface area contributed by atoms with Crippen LogP contribution < -0.4 is 5.73 Å². The number of hydrogen-bond acceptors (Lipinski definition) is 3. The molecule has 0 bridgehead atoms. The number of nitrogen functional groups attached to an aromatic ring is 1. The highest BCUT2D eigenvalue weighted by Gasteiger charge is 2.21. The predicted molar refractivity (Wildman–Crippen MR) is 87.7 cm³/mol. The van der Waals surface area contributed by atoms with Crippen LogP contribution in [0, 0.1) is 5.92 Å². The number of carbonyl (C=O) groups is 1. The van der Waals surface area contributed by atoms with Crippen molar-refractivity contribution in [2.45, 2.75) is 20.8 Å². The van der Waals surface area contributed by atoms with Gasteiger partial charge in [0.25, 0.3) is 5.91 Å². The van der Waals surface area contributed by atoms with Crippen LogP contribution in [0.15, 0.2) is 18.2 Å². The van der Waals surface area contributed by atoms with Gasteiger partial charge in [0, 0.05) is 28.2 Å².